The van der Waals surface area contributed by atoms with E-state index in [4.69, 9.17) is 4.84 Å². The molecule has 0 unspecified atom stereocenters. The van der Waals surface area contributed by atoms with Crippen LogP contribution in [0.15, 0.2) is 48.0 Å². The minimum absolute atomic E-state index is 0.234. The van der Waals surface area contributed by atoms with Gasteiger partial charge in [-0.2, -0.15) is 0 Å². The molecule has 0 amide bonds. The largest absolute Gasteiger partial charge is 0.385 e. The first-order valence-corrected chi connectivity index (χ1v) is 5.03. The van der Waals surface area contributed by atoms with Gasteiger partial charge >= 0.3 is 5.97 Å². The molecule has 1 heterocycles. The van der Waals surface area contributed by atoms with Crippen molar-refractivity contribution in [2.24, 2.45) is 12.2 Å². The average molecular weight is 229 g/mol. The number of rotatable bonds is 3. The van der Waals surface area contributed by atoms with E-state index in [1.165, 1.54) is 12.5 Å². The third-order valence-corrected chi connectivity index (χ3v) is 2.05. The fourth-order valence-electron chi connectivity index (χ4n) is 1.24. The maximum atomic E-state index is 11.4. The van der Waals surface area contributed by atoms with Crippen LogP contribution in [-0.2, 0) is 11.9 Å². The highest BCUT2D eigenvalue weighted by Gasteiger charge is 2.09. The second-order valence-electron chi connectivity index (χ2n) is 3.45. The smallest absolute Gasteiger partial charge is 0.340 e. The Morgan fingerprint density at radius 3 is 2.82 bits per heavy atom. The highest BCUT2D eigenvalue weighted by atomic mass is 16.7. The Labute approximate surface area is 98.3 Å². The molecule has 0 aliphatic heterocycles. The van der Waals surface area contributed by atoms with Gasteiger partial charge in [-0.3, -0.25) is 0 Å². The highest BCUT2D eigenvalue weighted by molar-refractivity contribution is 5.87. The molecule has 5 heteroatoms. The Hall–Kier alpha value is -2.43. The van der Waals surface area contributed by atoms with E-state index < -0.39 is 5.97 Å². The van der Waals surface area contributed by atoms with Crippen LogP contribution in [0, 0.1) is 0 Å². The number of carbonyl (C=O) groups excluding carboxylic acids is 1. The molecule has 0 N–H and O–H groups in total. The van der Waals surface area contributed by atoms with Crippen LogP contribution in [0.1, 0.15) is 16.1 Å². The van der Waals surface area contributed by atoms with Gasteiger partial charge in [0.15, 0.2) is 5.69 Å². The van der Waals surface area contributed by atoms with Crippen LogP contribution in [0.25, 0.3) is 0 Å². The molecule has 0 spiro atoms. The van der Waals surface area contributed by atoms with E-state index in [2.05, 4.69) is 10.1 Å². The van der Waals surface area contributed by atoms with E-state index in [0.29, 0.717) is 0 Å². The summed E-state index contributed by atoms with van der Waals surface area (Å²) < 4.78 is 1.66. The van der Waals surface area contributed by atoms with Crippen molar-refractivity contribution in [3.8, 4) is 0 Å². The summed E-state index contributed by atoms with van der Waals surface area (Å²) in [7, 11) is 1.77. The van der Waals surface area contributed by atoms with Gasteiger partial charge in [0.25, 0.3) is 0 Å². The summed E-state index contributed by atoms with van der Waals surface area (Å²) >= 11 is 0. The van der Waals surface area contributed by atoms with E-state index in [1.54, 1.807) is 17.8 Å². The van der Waals surface area contributed by atoms with Crippen LogP contribution in [-0.4, -0.2) is 21.7 Å². The first-order valence-electron chi connectivity index (χ1n) is 5.03. The van der Waals surface area contributed by atoms with E-state index in [-0.39, 0.29) is 5.69 Å². The SMILES string of the molecule is Cn1cnc(C(=O)ON=Cc2ccccc2)c1. The predicted molar refractivity (Wildman–Crippen MR) is 62.7 cm³/mol. The number of benzene rings is 1. The maximum absolute atomic E-state index is 11.4. The lowest BCUT2D eigenvalue weighted by atomic mass is 10.2. The third-order valence-electron chi connectivity index (χ3n) is 2.05. The van der Waals surface area contributed by atoms with Crippen molar-refractivity contribution in [2.45, 2.75) is 0 Å². The van der Waals surface area contributed by atoms with Crippen molar-refractivity contribution >= 4 is 12.2 Å². The minimum Gasteiger partial charge on any atom is -0.340 e. The van der Waals surface area contributed by atoms with Gasteiger partial charge in [0.2, 0.25) is 0 Å². The van der Waals surface area contributed by atoms with Crippen LogP contribution in [0.2, 0.25) is 0 Å². The van der Waals surface area contributed by atoms with Crippen LogP contribution in [0.3, 0.4) is 0 Å². The van der Waals surface area contributed by atoms with Gasteiger partial charge in [-0.05, 0) is 5.56 Å². The first kappa shape index (κ1) is 11.1. The molecule has 0 radical (unpaired) electrons. The van der Waals surface area contributed by atoms with Gasteiger partial charge in [0.1, 0.15) is 0 Å². The van der Waals surface area contributed by atoms with Crippen molar-refractivity contribution in [1.82, 2.24) is 9.55 Å². The Morgan fingerprint density at radius 1 is 1.41 bits per heavy atom. The van der Waals surface area contributed by atoms with E-state index >= 15 is 0 Å². The zero-order chi connectivity index (χ0) is 12.1. The van der Waals surface area contributed by atoms with Crippen molar-refractivity contribution in [2.75, 3.05) is 0 Å². The first-order chi connectivity index (χ1) is 8.25. The molecule has 0 saturated carbocycles. The molecule has 5 nitrogen and oxygen atoms in total. The summed E-state index contributed by atoms with van der Waals surface area (Å²) in [4.78, 5) is 20.0. The van der Waals surface area contributed by atoms with E-state index in [0.717, 1.165) is 5.56 Å². The number of hydrogen-bond acceptors (Lipinski definition) is 4. The summed E-state index contributed by atoms with van der Waals surface area (Å²) in [6.07, 6.45) is 4.57. The molecule has 0 fully saturated rings. The lowest BCUT2D eigenvalue weighted by molar-refractivity contribution is 0.0513. The monoisotopic (exact) mass is 229 g/mol. The molecule has 86 valence electrons. The molecule has 0 aliphatic carbocycles. The van der Waals surface area contributed by atoms with Gasteiger partial charge < -0.3 is 9.40 Å². The minimum atomic E-state index is -0.571. The highest BCUT2D eigenvalue weighted by Crippen LogP contribution is 1.99. The van der Waals surface area contributed by atoms with E-state index in [9.17, 15) is 4.79 Å². The number of nitrogens with zero attached hydrogens (tertiary/aromatic N) is 3. The number of imidazole rings is 1. The number of aryl methyl sites for hydroxylation is 1. The van der Waals surface area contributed by atoms with Crippen LogP contribution in [0.4, 0.5) is 0 Å². The molecular weight excluding hydrogens is 218 g/mol. The fraction of sp³-hybridized carbons (Fsp3) is 0.0833. The summed E-state index contributed by atoms with van der Waals surface area (Å²) in [6.45, 7) is 0. The molecule has 0 saturated heterocycles. The molecule has 0 atom stereocenters. The number of carbonyl (C=O) groups is 1. The second kappa shape index (κ2) is 5.07. The number of aromatic nitrogens is 2. The fourth-order valence-corrected chi connectivity index (χ4v) is 1.24. The maximum Gasteiger partial charge on any atom is 0.385 e. The Balaban J connectivity index is 1.95. The van der Waals surface area contributed by atoms with Crippen molar-refractivity contribution in [3.63, 3.8) is 0 Å². The normalized spacial score (nSPS) is 10.6. The molecule has 2 aromatic rings. The number of hydrogen-bond donors (Lipinski definition) is 0. The summed E-state index contributed by atoms with van der Waals surface area (Å²) in [5, 5.41) is 3.60. The van der Waals surface area contributed by atoms with Gasteiger partial charge in [-0.15, -0.1) is 0 Å². The second-order valence-corrected chi connectivity index (χ2v) is 3.45. The third kappa shape index (κ3) is 3.01. The van der Waals surface area contributed by atoms with E-state index in [1.807, 2.05) is 30.3 Å². The van der Waals surface area contributed by atoms with Crippen LogP contribution in [0.5, 0.6) is 0 Å². The Bertz CT molecular complexity index is 532. The van der Waals surface area contributed by atoms with Gasteiger partial charge in [0.05, 0.1) is 12.5 Å². The van der Waals surface area contributed by atoms with Crippen molar-refractivity contribution in [1.29, 1.82) is 0 Å². The zero-order valence-electron chi connectivity index (χ0n) is 9.28. The molecule has 1 aromatic carbocycles. The topological polar surface area (TPSA) is 56.5 Å². The quantitative estimate of drug-likeness (QED) is 0.456. The van der Waals surface area contributed by atoms with Crippen LogP contribution >= 0.6 is 0 Å². The van der Waals surface area contributed by atoms with Gasteiger partial charge in [-0.25, -0.2) is 9.78 Å². The standard InChI is InChI=1S/C12H11N3O2/c1-15-8-11(13-9-15)12(16)17-14-7-10-5-3-2-4-6-10/h2-9H,1H3. The predicted octanol–water partition coefficient (Wildman–Crippen LogP) is 1.61. The van der Waals surface area contributed by atoms with Crippen molar-refractivity contribution < 1.29 is 9.63 Å². The lowest BCUT2D eigenvalue weighted by Gasteiger charge is -1.93. The Morgan fingerprint density at radius 2 is 2.18 bits per heavy atom. The number of oxime groups is 1. The molecule has 2 rings (SSSR count). The zero-order valence-corrected chi connectivity index (χ0v) is 9.28. The summed E-state index contributed by atoms with van der Waals surface area (Å²) in [5.74, 6) is -0.571. The van der Waals surface area contributed by atoms with Crippen LogP contribution < -0.4 is 0 Å². The molecule has 0 aliphatic rings. The van der Waals surface area contributed by atoms with Gasteiger partial charge in [-0.1, -0.05) is 35.5 Å². The molecule has 0 bridgehead atoms. The Kier molecular flexibility index (Phi) is 3.30. The molecule has 1 aromatic heterocycles. The summed E-state index contributed by atoms with van der Waals surface area (Å²) in [6, 6.07) is 9.37. The van der Waals surface area contributed by atoms with Crippen molar-refractivity contribution in [3.05, 3.63) is 54.1 Å². The average Bonchev–Trinajstić information content (AvgIpc) is 2.77. The lowest BCUT2D eigenvalue weighted by Crippen LogP contribution is -2.01. The molecule has 17 heavy (non-hydrogen) atoms. The molecular formula is C12H11N3O2. The van der Waals surface area contributed by atoms with Gasteiger partial charge in [0, 0.05) is 13.2 Å². The summed E-state index contributed by atoms with van der Waals surface area (Å²) in [5.41, 5.74) is 1.10.